The van der Waals surface area contributed by atoms with Crippen molar-refractivity contribution in [1.29, 1.82) is 0 Å². The van der Waals surface area contributed by atoms with E-state index in [2.05, 4.69) is 4.90 Å². The third-order valence-electron chi connectivity index (χ3n) is 6.19. The number of benzene rings is 2. The van der Waals surface area contributed by atoms with Crippen molar-refractivity contribution in [3.63, 3.8) is 0 Å². The van der Waals surface area contributed by atoms with Crippen molar-refractivity contribution in [2.75, 3.05) is 26.2 Å². The predicted molar refractivity (Wildman–Crippen MR) is 112 cm³/mol. The summed E-state index contributed by atoms with van der Waals surface area (Å²) in [5.74, 6) is 1.64. The van der Waals surface area contributed by atoms with Crippen LogP contribution in [-0.2, 0) is 0 Å². The third-order valence-corrected chi connectivity index (χ3v) is 6.19. The Balaban J connectivity index is 1.35. The fraction of sp³-hybridized carbons (Fsp3) is 0.500. The van der Waals surface area contributed by atoms with Crippen molar-refractivity contribution in [1.82, 2.24) is 4.90 Å². The van der Waals surface area contributed by atoms with E-state index in [4.69, 9.17) is 9.47 Å². The second kappa shape index (κ2) is 8.34. The smallest absolute Gasteiger partial charge is 0.125 e. The first-order valence-corrected chi connectivity index (χ1v) is 10.6. The number of ether oxygens (including phenoxy) is 2. The number of fused-ring (bicyclic) bond motifs is 1. The zero-order valence-corrected chi connectivity index (χ0v) is 17.3. The molecule has 2 N–H and O–H groups in total. The molecule has 4 rings (SSSR count). The Kier molecular flexibility index (Phi) is 5.81. The van der Waals surface area contributed by atoms with Gasteiger partial charge in [-0.3, -0.25) is 0 Å². The number of β-amino-alcohol motifs (C(OH)–C–C–N with tert-alkyl or cyclic N) is 1. The molecule has 0 aromatic heterocycles. The molecule has 0 aliphatic carbocycles. The van der Waals surface area contributed by atoms with Crippen LogP contribution in [0.1, 0.15) is 55.1 Å². The average molecular weight is 398 g/mol. The van der Waals surface area contributed by atoms with E-state index in [-0.39, 0.29) is 5.60 Å². The summed E-state index contributed by atoms with van der Waals surface area (Å²) in [5, 5.41) is 21.3. The third kappa shape index (κ3) is 4.42. The number of rotatable bonds is 5. The maximum absolute atomic E-state index is 10.7. The van der Waals surface area contributed by atoms with Crippen LogP contribution in [0.3, 0.4) is 0 Å². The van der Waals surface area contributed by atoms with Crippen LogP contribution in [-0.4, -0.2) is 47.0 Å². The van der Waals surface area contributed by atoms with Crippen LogP contribution in [0.25, 0.3) is 0 Å². The molecular formula is C24H31NO4. The van der Waals surface area contributed by atoms with Gasteiger partial charge in [0.05, 0.1) is 18.8 Å². The molecular weight excluding hydrogens is 366 g/mol. The van der Waals surface area contributed by atoms with E-state index in [9.17, 15) is 10.2 Å². The summed E-state index contributed by atoms with van der Waals surface area (Å²) in [6.07, 6.45) is 1.35. The molecule has 5 heteroatoms. The number of aliphatic hydroxyl groups excluding tert-OH is 2. The molecule has 2 aromatic carbocycles. The van der Waals surface area contributed by atoms with Crippen molar-refractivity contribution in [3.8, 4) is 11.5 Å². The first-order chi connectivity index (χ1) is 14.0. The van der Waals surface area contributed by atoms with Gasteiger partial charge in [-0.2, -0.15) is 0 Å². The van der Waals surface area contributed by atoms with E-state index >= 15 is 0 Å². The molecule has 2 aliphatic rings. The summed E-state index contributed by atoms with van der Waals surface area (Å²) in [6.45, 7) is 6.93. The SMILES string of the molecule is CCOc1ccc([C@H](O)CN2CCC3(CC2)C[C@@H](O)c2cc(C)ccc2O3)cc1. The summed E-state index contributed by atoms with van der Waals surface area (Å²) < 4.78 is 11.9. The van der Waals surface area contributed by atoms with E-state index in [1.165, 1.54) is 0 Å². The molecule has 2 aliphatic heterocycles. The van der Waals surface area contributed by atoms with Gasteiger partial charge < -0.3 is 24.6 Å². The number of aryl methyl sites for hydroxylation is 1. The van der Waals surface area contributed by atoms with Crippen molar-refractivity contribution in [2.45, 2.75) is 50.9 Å². The van der Waals surface area contributed by atoms with Gasteiger partial charge in [0.25, 0.3) is 0 Å². The van der Waals surface area contributed by atoms with Gasteiger partial charge in [-0.25, -0.2) is 0 Å². The molecule has 29 heavy (non-hydrogen) atoms. The van der Waals surface area contributed by atoms with E-state index in [1.54, 1.807) is 0 Å². The van der Waals surface area contributed by atoms with Crippen LogP contribution in [0.2, 0.25) is 0 Å². The predicted octanol–water partition coefficient (Wildman–Crippen LogP) is 3.78. The lowest BCUT2D eigenvalue weighted by Crippen LogP contribution is -2.51. The Morgan fingerprint density at radius 2 is 1.90 bits per heavy atom. The van der Waals surface area contributed by atoms with Crippen LogP contribution >= 0.6 is 0 Å². The number of aliphatic hydroxyl groups is 2. The number of piperidine rings is 1. The fourth-order valence-corrected chi connectivity index (χ4v) is 4.51. The lowest BCUT2D eigenvalue weighted by Gasteiger charge is -2.46. The maximum Gasteiger partial charge on any atom is 0.125 e. The van der Waals surface area contributed by atoms with E-state index in [1.807, 2.05) is 56.3 Å². The van der Waals surface area contributed by atoms with Crippen LogP contribution < -0.4 is 9.47 Å². The fourth-order valence-electron chi connectivity index (χ4n) is 4.51. The molecule has 2 heterocycles. The molecule has 0 radical (unpaired) electrons. The zero-order valence-electron chi connectivity index (χ0n) is 17.3. The second-order valence-electron chi connectivity index (χ2n) is 8.36. The first kappa shape index (κ1) is 20.2. The molecule has 0 amide bonds. The van der Waals surface area contributed by atoms with Gasteiger partial charge in [-0.15, -0.1) is 0 Å². The Morgan fingerprint density at radius 1 is 1.17 bits per heavy atom. The molecule has 1 spiro atoms. The van der Waals surface area contributed by atoms with Gasteiger partial charge in [-0.05, 0) is 56.5 Å². The zero-order chi connectivity index (χ0) is 20.4. The Bertz CT molecular complexity index is 827. The summed E-state index contributed by atoms with van der Waals surface area (Å²) in [6, 6.07) is 13.7. The molecule has 5 nitrogen and oxygen atoms in total. The topological polar surface area (TPSA) is 62.2 Å². The van der Waals surface area contributed by atoms with Gasteiger partial charge in [0.1, 0.15) is 17.1 Å². The van der Waals surface area contributed by atoms with E-state index in [0.29, 0.717) is 19.6 Å². The highest BCUT2D eigenvalue weighted by molar-refractivity contribution is 5.41. The largest absolute Gasteiger partial charge is 0.494 e. The minimum absolute atomic E-state index is 0.303. The molecule has 2 atom stereocenters. The molecule has 0 saturated carbocycles. The highest BCUT2D eigenvalue weighted by Gasteiger charge is 2.43. The van der Waals surface area contributed by atoms with Crippen LogP contribution in [0, 0.1) is 6.92 Å². The molecule has 1 saturated heterocycles. The van der Waals surface area contributed by atoms with Crippen molar-refractivity contribution >= 4 is 0 Å². The monoisotopic (exact) mass is 397 g/mol. The van der Waals surface area contributed by atoms with E-state index in [0.717, 1.165) is 54.1 Å². The molecule has 156 valence electrons. The van der Waals surface area contributed by atoms with Crippen LogP contribution in [0.4, 0.5) is 0 Å². The Hall–Kier alpha value is -2.08. The minimum atomic E-state index is -0.527. The lowest BCUT2D eigenvalue weighted by molar-refractivity contribution is -0.0588. The van der Waals surface area contributed by atoms with Gasteiger partial charge in [0.15, 0.2) is 0 Å². The van der Waals surface area contributed by atoms with Crippen molar-refractivity contribution in [2.24, 2.45) is 0 Å². The Morgan fingerprint density at radius 3 is 2.59 bits per heavy atom. The minimum Gasteiger partial charge on any atom is -0.494 e. The van der Waals surface area contributed by atoms with Gasteiger partial charge in [0.2, 0.25) is 0 Å². The van der Waals surface area contributed by atoms with Gasteiger partial charge in [0, 0.05) is 31.6 Å². The molecule has 0 bridgehead atoms. The highest BCUT2D eigenvalue weighted by Crippen LogP contribution is 2.44. The molecule has 0 unspecified atom stereocenters. The number of hydrogen-bond acceptors (Lipinski definition) is 5. The van der Waals surface area contributed by atoms with Gasteiger partial charge in [-0.1, -0.05) is 23.8 Å². The molecule has 2 aromatic rings. The highest BCUT2D eigenvalue weighted by atomic mass is 16.5. The lowest BCUT2D eigenvalue weighted by atomic mass is 9.81. The summed E-state index contributed by atoms with van der Waals surface area (Å²) in [5.41, 5.74) is 2.65. The number of likely N-dealkylation sites (tertiary alicyclic amines) is 1. The van der Waals surface area contributed by atoms with E-state index < -0.39 is 12.2 Å². The second-order valence-corrected chi connectivity index (χ2v) is 8.36. The quantitative estimate of drug-likeness (QED) is 0.804. The first-order valence-electron chi connectivity index (χ1n) is 10.6. The summed E-state index contributed by atoms with van der Waals surface area (Å²) in [7, 11) is 0. The average Bonchev–Trinajstić information content (AvgIpc) is 2.71. The van der Waals surface area contributed by atoms with Gasteiger partial charge >= 0.3 is 0 Å². The van der Waals surface area contributed by atoms with Crippen molar-refractivity contribution in [3.05, 3.63) is 59.2 Å². The number of hydrogen-bond donors (Lipinski definition) is 2. The molecule has 1 fully saturated rings. The summed E-state index contributed by atoms with van der Waals surface area (Å²) >= 11 is 0. The van der Waals surface area contributed by atoms with Crippen LogP contribution in [0.5, 0.6) is 11.5 Å². The normalized spacial score (nSPS) is 22.0. The van der Waals surface area contributed by atoms with Crippen molar-refractivity contribution < 1.29 is 19.7 Å². The maximum atomic E-state index is 10.7. The number of nitrogens with zero attached hydrogens (tertiary/aromatic N) is 1. The Labute approximate surface area is 172 Å². The summed E-state index contributed by atoms with van der Waals surface area (Å²) in [4.78, 5) is 2.28. The van der Waals surface area contributed by atoms with Crippen LogP contribution in [0.15, 0.2) is 42.5 Å². The standard InChI is InChI=1S/C24H31NO4/c1-3-28-19-7-5-18(6-8-19)22(27)16-25-12-10-24(11-13-25)15-21(26)20-14-17(2)4-9-23(20)29-24/h4-9,14,21-22,26-27H,3,10-13,15-16H2,1-2H3/t21-,22-/m1/s1.